The minimum atomic E-state index is 0.814. The highest BCUT2D eigenvalue weighted by atomic mass is 16.3. The first-order valence-electron chi connectivity index (χ1n) is 20.4. The number of aromatic nitrogens is 4. The molecule has 0 N–H and O–H groups in total. The maximum Gasteiger partial charge on any atom is 0.138 e. The first-order chi connectivity index (χ1) is 29.7. The quantitative estimate of drug-likeness (QED) is 0.169. The van der Waals surface area contributed by atoms with Crippen molar-refractivity contribution < 1.29 is 8.83 Å². The maximum atomic E-state index is 6.65. The van der Waals surface area contributed by atoms with E-state index in [2.05, 4.69) is 177 Å². The van der Waals surface area contributed by atoms with Gasteiger partial charge in [0, 0.05) is 79.3 Å². The second-order valence-electron chi connectivity index (χ2n) is 15.7. The molecule has 0 fully saturated rings. The van der Waals surface area contributed by atoms with Gasteiger partial charge in [0.15, 0.2) is 0 Å². The van der Waals surface area contributed by atoms with E-state index in [4.69, 9.17) is 8.83 Å². The number of pyridine rings is 2. The Morgan fingerprint density at radius 1 is 0.367 bits per heavy atom. The van der Waals surface area contributed by atoms with E-state index in [-0.39, 0.29) is 0 Å². The number of rotatable bonds is 6. The van der Waals surface area contributed by atoms with Gasteiger partial charge < -0.3 is 18.0 Å². The molecule has 13 aromatic rings. The number of hydrogen-bond acceptors (Lipinski definition) is 4. The highest BCUT2D eigenvalue weighted by molar-refractivity contribution is 6.13. The van der Waals surface area contributed by atoms with Crippen LogP contribution in [-0.4, -0.2) is 19.1 Å². The summed E-state index contributed by atoms with van der Waals surface area (Å²) in [7, 11) is 0. The van der Waals surface area contributed by atoms with Crippen LogP contribution in [-0.2, 0) is 12.8 Å². The zero-order chi connectivity index (χ0) is 39.3. The van der Waals surface area contributed by atoms with Crippen molar-refractivity contribution in [1.82, 2.24) is 19.1 Å². The average molecular weight is 771 g/mol. The van der Waals surface area contributed by atoms with Gasteiger partial charge in [-0.2, -0.15) is 0 Å². The first-order valence-corrected chi connectivity index (χ1v) is 20.4. The van der Waals surface area contributed by atoms with Gasteiger partial charge in [-0.05, 0) is 108 Å². The zero-order valence-corrected chi connectivity index (χ0v) is 32.3. The Balaban J connectivity index is 0.848. The molecule has 6 nitrogen and oxygen atoms in total. The molecule has 6 aromatic heterocycles. The monoisotopic (exact) mass is 770 g/mol. The Hall–Kier alpha value is -7.96. The SMILES string of the molecule is c1ccc(-n2c3ccccc3c3cc(-c4ccc5oc6c(CCc7cccc8c7oc7ccc(-n9c%10ccncc%10c%10cnccc%109)cc78)cccc6c5c4)ccc32)cc1. The molecule has 0 radical (unpaired) electrons. The average Bonchev–Trinajstić information content (AvgIpc) is 4.06. The van der Waals surface area contributed by atoms with Crippen molar-refractivity contribution in [2.45, 2.75) is 12.8 Å². The fourth-order valence-electron chi connectivity index (χ4n) is 9.68. The van der Waals surface area contributed by atoms with Crippen LogP contribution in [0.1, 0.15) is 11.1 Å². The number of hydrogen-bond donors (Lipinski definition) is 0. The smallest absolute Gasteiger partial charge is 0.138 e. The molecule has 0 aliphatic rings. The topological polar surface area (TPSA) is 61.9 Å². The first kappa shape index (κ1) is 33.1. The third-order valence-corrected chi connectivity index (χ3v) is 12.5. The van der Waals surface area contributed by atoms with E-state index < -0.39 is 0 Å². The maximum absolute atomic E-state index is 6.65. The third-order valence-electron chi connectivity index (χ3n) is 12.5. The number of furan rings is 2. The van der Waals surface area contributed by atoms with Crippen molar-refractivity contribution in [2.75, 3.05) is 0 Å². The van der Waals surface area contributed by atoms with E-state index in [1.807, 2.05) is 24.8 Å². The molecule has 0 saturated carbocycles. The van der Waals surface area contributed by atoms with E-state index in [9.17, 15) is 0 Å². The Morgan fingerprint density at radius 2 is 0.900 bits per heavy atom. The lowest BCUT2D eigenvalue weighted by molar-refractivity contribution is 0.656. The molecule has 0 bridgehead atoms. The van der Waals surface area contributed by atoms with E-state index in [0.29, 0.717) is 0 Å². The molecular formula is C54H34N4O2. The summed E-state index contributed by atoms with van der Waals surface area (Å²) in [5.41, 5.74) is 15.2. The third kappa shape index (κ3) is 4.88. The summed E-state index contributed by atoms with van der Waals surface area (Å²) in [6.07, 6.45) is 9.17. The lowest BCUT2D eigenvalue weighted by Crippen LogP contribution is -1.93. The minimum Gasteiger partial charge on any atom is -0.456 e. The van der Waals surface area contributed by atoms with Gasteiger partial charge in [0.2, 0.25) is 0 Å². The van der Waals surface area contributed by atoms with Crippen molar-refractivity contribution >= 4 is 87.5 Å². The Kier molecular flexibility index (Phi) is 7.04. The summed E-state index contributed by atoms with van der Waals surface area (Å²) in [4.78, 5) is 8.81. The second kappa shape index (κ2) is 12.8. The fourth-order valence-corrected chi connectivity index (χ4v) is 9.68. The lowest BCUT2D eigenvalue weighted by Gasteiger charge is -2.08. The fraction of sp³-hybridized carbons (Fsp3) is 0.0370. The van der Waals surface area contributed by atoms with Crippen LogP contribution in [0.25, 0.3) is 110 Å². The normalized spacial score (nSPS) is 12.1. The van der Waals surface area contributed by atoms with Crippen LogP contribution in [0, 0.1) is 0 Å². The molecule has 282 valence electrons. The van der Waals surface area contributed by atoms with Gasteiger partial charge >= 0.3 is 0 Å². The molecule has 0 amide bonds. The summed E-state index contributed by atoms with van der Waals surface area (Å²) in [6, 6.07) is 56.4. The summed E-state index contributed by atoms with van der Waals surface area (Å²) < 4.78 is 17.9. The summed E-state index contributed by atoms with van der Waals surface area (Å²) in [6.45, 7) is 0. The number of aryl methyl sites for hydroxylation is 2. The van der Waals surface area contributed by atoms with Gasteiger partial charge in [-0.25, -0.2) is 0 Å². The lowest BCUT2D eigenvalue weighted by atomic mass is 9.98. The van der Waals surface area contributed by atoms with Crippen molar-refractivity contribution in [2.24, 2.45) is 0 Å². The van der Waals surface area contributed by atoms with Gasteiger partial charge in [-0.1, -0.05) is 84.9 Å². The van der Waals surface area contributed by atoms with Crippen molar-refractivity contribution in [1.29, 1.82) is 0 Å². The summed E-state index contributed by atoms with van der Waals surface area (Å²) in [5.74, 6) is 0. The van der Waals surface area contributed by atoms with E-state index in [0.717, 1.165) is 89.9 Å². The van der Waals surface area contributed by atoms with Crippen LogP contribution in [0.2, 0.25) is 0 Å². The van der Waals surface area contributed by atoms with Crippen molar-refractivity contribution in [3.8, 4) is 22.5 Å². The molecule has 0 spiro atoms. The largest absolute Gasteiger partial charge is 0.456 e. The van der Waals surface area contributed by atoms with Crippen LogP contribution in [0.5, 0.6) is 0 Å². The molecule has 60 heavy (non-hydrogen) atoms. The number of benzene rings is 7. The van der Waals surface area contributed by atoms with Crippen molar-refractivity contribution in [3.05, 3.63) is 194 Å². The van der Waals surface area contributed by atoms with E-state index in [1.165, 1.54) is 44.1 Å². The Bertz CT molecular complexity index is 3790. The molecule has 6 heteroatoms. The molecule has 0 atom stereocenters. The van der Waals surface area contributed by atoms with Crippen LogP contribution < -0.4 is 0 Å². The molecule has 0 unspecified atom stereocenters. The number of para-hydroxylation sites is 4. The number of fused-ring (bicyclic) bond motifs is 12. The molecule has 0 aliphatic heterocycles. The van der Waals surface area contributed by atoms with Gasteiger partial charge in [0.1, 0.15) is 22.3 Å². The van der Waals surface area contributed by atoms with E-state index in [1.54, 1.807) is 0 Å². The molecule has 7 aromatic carbocycles. The van der Waals surface area contributed by atoms with E-state index >= 15 is 0 Å². The predicted octanol–water partition coefficient (Wildman–Crippen LogP) is 13.9. The summed E-state index contributed by atoms with van der Waals surface area (Å²) in [5, 5.41) is 9.13. The predicted molar refractivity (Wildman–Crippen MR) is 245 cm³/mol. The molecule has 0 aliphatic carbocycles. The molecular weight excluding hydrogens is 737 g/mol. The minimum absolute atomic E-state index is 0.814. The van der Waals surface area contributed by atoms with Crippen LogP contribution >= 0.6 is 0 Å². The van der Waals surface area contributed by atoms with Gasteiger partial charge in [0.25, 0.3) is 0 Å². The van der Waals surface area contributed by atoms with Crippen LogP contribution in [0.15, 0.2) is 191 Å². The highest BCUT2D eigenvalue weighted by Crippen LogP contribution is 2.40. The zero-order valence-electron chi connectivity index (χ0n) is 32.3. The van der Waals surface area contributed by atoms with Gasteiger partial charge in [-0.15, -0.1) is 0 Å². The van der Waals surface area contributed by atoms with Crippen molar-refractivity contribution in [3.63, 3.8) is 0 Å². The van der Waals surface area contributed by atoms with Crippen LogP contribution in [0.4, 0.5) is 0 Å². The second-order valence-corrected chi connectivity index (χ2v) is 15.7. The van der Waals surface area contributed by atoms with Gasteiger partial charge in [-0.3, -0.25) is 9.97 Å². The standard InChI is InChI=1S/C54H34N4O2/c1-2-10-37(11-3-1)57-47-15-5-4-12-39(47)42-28-35(18-21-48(42)57)36-19-22-51-43(29-36)40-13-6-8-33(53(40)59-51)16-17-34-9-7-14-41-44-30-38(20-23-52(44)60-54(34)41)58-49-24-26-55-31-45(49)46-32-56-27-25-50(46)58/h1-15,18-32H,16-17H2. The molecule has 6 heterocycles. The van der Waals surface area contributed by atoms with Crippen LogP contribution in [0.3, 0.4) is 0 Å². The molecule has 13 rings (SSSR count). The Labute approximate surface area is 343 Å². The highest BCUT2D eigenvalue weighted by Gasteiger charge is 2.18. The molecule has 0 saturated heterocycles. The number of nitrogens with zero attached hydrogens (tertiary/aromatic N) is 4. The van der Waals surface area contributed by atoms with Gasteiger partial charge in [0.05, 0.1) is 22.1 Å². The summed E-state index contributed by atoms with van der Waals surface area (Å²) >= 11 is 0. The Morgan fingerprint density at radius 3 is 1.60 bits per heavy atom.